The number of nitrogens with one attached hydrogen (secondary N) is 1. The van der Waals surface area contributed by atoms with Gasteiger partial charge in [0.25, 0.3) is 0 Å². The Labute approximate surface area is 106 Å². The fourth-order valence-electron chi connectivity index (χ4n) is 1.79. The molecule has 0 heterocycles. The standard InChI is InChI=1S/C12H17F2NO2S/c1-7-5-11(14)9(6-10(7)13)12(15-3)8(2)18(4,16)17/h5-6,8,12,15H,1-4H3. The molecule has 102 valence electrons. The Balaban J connectivity index is 3.30. The molecule has 0 aliphatic carbocycles. The summed E-state index contributed by atoms with van der Waals surface area (Å²) in [6, 6.07) is 1.34. The minimum Gasteiger partial charge on any atom is -0.312 e. The van der Waals surface area contributed by atoms with Crippen molar-refractivity contribution in [3.63, 3.8) is 0 Å². The Morgan fingerprint density at radius 3 is 2.22 bits per heavy atom. The van der Waals surface area contributed by atoms with E-state index in [1.54, 1.807) is 0 Å². The molecule has 0 bridgehead atoms. The molecule has 1 aromatic carbocycles. The molecule has 0 aliphatic rings. The summed E-state index contributed by atoms with van der Waals surface area (Å²) in [5.41, 5.74) is 0.219. The Bertz CT molecular complexity index is 543. The van der Waals surface area contributed by atoms with Crippen LogP contribution in [0.25, 0.3) is 0 Å². The van der Waals surface area contributed by atoms with Gasteiger partial charge in [-0.25, -0.2) is 17.2 Å². The number of halogens is 2. The highest BCUT2D eigenvalue weighted by atomic mass is 32.2. The summed E-state index contributed by atoms with van der Waals surface area (Å²) in [6.07, 6.45) is 1.07. The lowest BCUT2D eigenvalue weighted by Gasteiger charge is -2.23. The molecule has 0 fully saturated rings. The Morgan fingerprint density at radius 2 is 1.78 bits per heavy atom. The summed E-state index contributed by atoms with van der Waals surface area (Å²) < 4.78 is 50.3. The van der Waals surface area contributed by atoms with Crippen LogP contribution in [-0.4, -0.2) is 27.0 Å². The highest BCUT2D eigenvalue weighted by Crippen LogP contribution is 2.26. The third kappa shape index (κ3) is 3.05. The molecule has 1 aromatic rings. The zero-order valence-corrected chi connectivity index (χ0v) is 11.6. The highest BCUT2D eigenvalue weighted by molar-refractivity contribution is 7.91. The van der Waals surface area contributed by atoms with Gasteiger partial charge in [0.05, 0.1) is 11.3 Å². The summed E-state index contributed by atoms with van der Waals surface area (Å²) in [5.74, 6) is -1.16. The molecular weight excluding hydrogens is 260 g/mol. The minimum absolute atomic E-state index is 0.0264. The van der Waals surface area contributed by atoms with E-state index in [1.165, 1.54) is 20.9 Å². The van der Waals surface area contributed by atoms with Crippen LogP contribution in [0.2, 0.25) is 0 Å². The van der Waals surface area contributed by atoms with Crippen LogP contribution >= 0.6 is 0 Å². The fraction of sp³-hybridized carbons (Fsp3) is 0.500. The first-order chi connectivity index (χ1) is 8.18. The van der Waals surface area contributed by atoms with Gasteiger partial charge >= 0.3 is 0 Å². The van der Waals surface area contributed by atoms with Gasteiger partial charge in [-0.2, -0.15) is 0 Å². The van der Waals surface area contributed by atoms with E-state index in [1.807, 2.05) is 0 Å². The first-order valence-electron chi connectivity index (χ1n) is 5.50. The molecule has 0 saturated carbocycles. The van der Waals surface area contributed by atoms with Crippen molar-refractivity contribution < 1.29 is 17.2 Å². The molecule has 1 rings (SSSR count). The molecule has 0 saturated heterocycles. The molecule has 0 amide bonds. The smallest absolute Gasteiger partial charge is 0.151 e. The number of hydrogen-bond donors (Lipinski definition) is 1. The van der Waals surface area contributed by atoms with Crippen LogP contribution in [0.5, 0.6) is 0 Å². The van der Waals surface area contributed by atoms with Crippen molar-refractivity contribution in [3.8, 4) is 0 Å². The topological polar surface area (TPSA) is 46.2 Å². The second-order valence-corrected chi connectivity index (χ2v) is 6.83. The summed E-state index contributed by atoms with van der Waals surface area (Å²) in [4.78, 5) is 0. The Hall–Kier alpha value is -1.01. The predicted molar refractivity (Wildman–Crippen MR) is 67.2 cm³/mol. The van der Waals surface area contributed by atoms with Crippen LogP contribution in [0.1, 0.15) is 24.1 Å². The lowest BCUT2D eigenvalue weighted by molar-refractivity contribution is 0.500. The van der Waals surface area contributed by atoms with Crippen LogP contribution in [0.3, 0.4) is 0 Å². The van der Waals surface area contributed by atoms with E-state index >= 15 is 0 Å². The van der Waals surface area contributed by atoms with Gasteiger partial charge in [0.1, 0.15) is 11.6 Å². The first kappa shape index (κ1) is 15.0. The molecule has 0 spiro atoms. The lowest BCUT2D eigenvalue weighted by Crippen LogP contribution is -2.33. The molecule has 0 aromatic heterocycles. The van der Waals surface area contributed by atoms with Gasteiger partial charge in [-0.1, -0.05) is 0 Å². The van der Waals surface area contributed by atoms with Crippen molar-refractivity contribution in [1.29, 1.82) is 0 Å². The Morgan fingerprint density at radius 1 is 1.22 bits per heavy atom. The van der Waals surface area contributed by atoms with Crippen molar-refractivity contribution >= 4 is 9.84 Å². The van der Waals surface area contributed by atoms with Gasteiger partial charge in [0, 0.05) is 11.8 Å². The maximum absolute atomic E-state index is 13.8. The van der Waals surface area contributed by atoms with Gasteiger partial charge in [-0.15, -0.1) is 0 Å². The molecule has 0 radical (unpaired) electrons. The van der Waals surface area contributed by atoms with E-state index in [9.17, 15) is 17.2 Å². The van der Waals surface area contributed by atoms with Crippen molar-refractivity contribution in [1.82, 2.24) is 5.32 Å². The first-order valence-corrected chi connectivity index (χ1v) is 7.45. The molecule has 2 atom stereocenters. The van der Waals surface area contributed by atoms with Gasteiger partial charge < -0.3 is 5.32 Å². The van der Waals surface area contributed by atoms with Gasteiger partial charge in [0.15, 0.2) is 9.84 Å². The zero-order chi connectivity index (χ0) is 14.1. The Kier molecular flexibility index (Phi) is 4.45. The monoisotopic (exact) mass is 277 g/mol. The van der Waals surface area contributed by atoms with Crippen molar-refractivity contribution in [2.24, 2.45) is 0 Å². The van der Waals surface area contributed by atoms with Crippen LogP contribution < -0.4 is 5.32 Å². The summed E-state index contributed by atoms with van der Waals surface area (Å²) in [7, 11) is -1.84. The van der Waals surface area contributed by atoms with Crippen molar-refractivity contribution in [2.75, 3.05) is 13.3 Å². The van der Waals surface area contributed by atoms with E-state index in [0.29, 0.717) is 0 Å². The maximum Gasteiger partial charge on any atom is 0.151 e. The van der Waals surface area contributed by atoms with Crippen LogP contribution in [0, 0.1) is 18.6 Å². The van der Waals surface area contributed by atoms with Crippen LogP contribution in [-0.2, 0) is 9.84 Å². The third-order valence-corrected chi connectivity index (χ3v) is 4.69. The van der Waals surface area contributed by atoms with Crippen LogP contribution in [0.4, 0.5) is 8.78 Å². The molecule has 2 unspecified atom stereocenters. The average Bonchev–Trinajstić information content (AvgIpc) is 2.24. The zero-order valence-electron chi connectivity index (χ0n) is 10.8. The molecular formula is C12H17F2NO2S. The van der Waals surface area contributed by atoms with E-state index in [4.69, 9.17) is 0 Å². The number of benzene rings is 1. The van der Waals surface area contributed by atoms with Gasteiger partial charge in [-0.05, 0) is 38.6 Å². The van der Waals surface area contributed by atoms with Crippen molar-refractivity contribution in [3.05, 3.63) is 34.9 Å². The SMILES string of the molecule is CNC(c1cc(F)c(C)cc1F)C(C)S(C)(=O)=O. The largest absolute Gasteiger partial charge is 0.312 e. The fourth-order valence-corrected chi connectivity index (χ4v) is 2.57. The molecule has 18 heavy (non-hydrogen) atoms. The molecule has 3 nitrogen and oxygen atoms in total. The second kappa shape index (κ2) is 5.32. The number of sulfone groups is 1. The molecule has 0 aliphatic heterocycles. The average molecular weight is 277 g/mol. The normalized spacial score (nSPS) is 15.4. The maximum atomic E-state index is 13.8. The second-order valence-electron chi connectivity index (χ2n) is 4.42. The van der Waals surface area contributed by atoms with Gasteiger partial charge in [0.2, 0.25) is 0 Å². The summed E-state index contributed by atoms with van der Waals surface area (Å²) in [5, 5.41) is 1.88. The van der Waals surface area contributed by atoms with Crippen LogP contribution in [0.15, 0.2) is 12.1 Å². The van der Waals surface area contributed by atoms with Gasteiger partial charge in [-0.3, -0.25) is 0 Å². The number of rotatable bonds is 4. The summed E-state index contributed by atoms with van der Waals surface area (Å²) in [6.45, 7) is 2.92. The quantitative estimate of drug-likeness (QED) is 0.915. The van der Waals surface area contributed by atoms with E-state index in [-0.39, 0.29) is 11.1 Å². The lowest BCUT2D eigenvalue weighted by atomic mass is 10.0. The third-order valence-electron chi connectivity index (χ3n) is 3.07. The molecule has 1 N–H and O–H groups in total. The highest BCUT2D eigenvalue weighted by Gasteiger charge is 2.28. The minimum atomic E-state index is -3.35. The van der Waals surface area contributed by atoms with E-state index in [2.05, 4.69) is 5.32 Å². The summed E-state index contributed by atoms with van der Waals surface area (Å²) >= 11 is 0. The van der Waals surface area contributed by atoms with Crippen molar-refractivity contribution in [2.45, 2.75) is 25.1 Å². The predicted octanol–water partition coefficient (Wildman–Crippen LogP) is 1.97. The number of hydrogen-bond acceptors (Lipinski definition) is 3. The number of aryl methyl sites for hydroxylation is 1. The van der Waals surface area contributed by atoms with E-state index in [0.717, 1.165) is 18.4 Å². The van der Waals surface area contributed by atoms with E-state index < -0.39 is 32.8 Å². The molecule has 6 heteroatoms.